The van der Waals surface area contributed by atoms with E-state index in [1.54, 1.807) is 19.1 Å². The van der Waals surface area contributed by atoms with Crippen molar-refractivity contribution in [3.63, 3.8) is 0 Å². The van der Waals surface area contributed by atoms with Crippen LogP contribution < -0.4 is 5.32 Å². The summed E-state index contributed by atoms with van der Waals surface area (Å²) in [5, 5.41) is 2.14. The Bertz CT molecular complexity index is 406. The number of likely N-dealkylation sites (N-methyl/N-ethyl adjacent to an activating group) is 1. The van der Waals surface area contributed by atoms with Gasteiger partial charge in [-0.2, -0.15) is 26.3 Å². The lowest BCUT2D eigenvalue weighted by molar-refractivity contribution is -0.291. The summed E-state index contributed by atoms with van der Waals surface area (Å²) in [6.45, 7) is 1.79. The van der Waals surface area contributed by atoms with E-state index >= 15 is 0 Å². The van der Waals surface area contributed by atoms with Crippen molar-refractivity contribution in [2.75, 3.05) is 7.05 Å². The highest BCUT2D eigenvalue weighted by Gasteiger charge is 2.59. The molecule has 0 saturated heterocycles. The highest BCUT2D eigenvalue weighted by molar-refractivity contribution is 5.22. The molecule has 0 radical (unpaired) electrons. The number of hydrogen-bond acceptors (Lipinski definition) is 1. The average molecular weight is 299 g/mol. The van der Waals surface area contributed by atoms with Crippen molar-refractivity contribution in [1.82, 2.24) is 5.32 Å². The lowest BCUT2D eigenvalue weighted by Crippen LogP contribution is -2.51. The van der Waals surface area contributed by atoms with Crippen molar-refractivity contribution in [3.05, 3.63) is 35.4 Å². The van der Waals surface area contributed by atoms with E-state index in [1.807, 2.05) is 0 Å². The van der Waals surface area contributed by atoms with E-state index in [4.69, 9.17) is 0 Å². The summed E-state index contributed by atoms with van der Waals surface area (Å²) in [7, 11) is 1.10. The molecule has 1 aromatic carbocycles. The zero-order valence-electron chi connectivity index (χ0n) is 10.9. The second-order valence-electron chi connectivity index (χ2n) is 4.65. The van der Waals surface area contributed by atoms with Crippen LogP contribution in [0.3, 0.4) is 0 Å². The Kier molecular flexibility index (Phi) is 5.07. The molecule has 1 N–H and O–H groups in total. The van der Waals surface area contributed by atoms with Gasteiger partial charge in [0, 0.05) is 6.04 Å². The number of halogens is 6. The molecular formula is C13H15F6N. The minimum Gasteiger partial charge on any atom is -0.316 e. The molecule has 0 aliphatic heterocycles. The van der Waals surface area contributed by atoms with Gasteiger partial charge in [0.1, 0.15) is 0 Å². The number of benzene rings is 1. The van der Waals surface area contributed by atoms with Gasteiger partial charge in [0.05, 0.1) is 0 Å². The molecule has 1 unspecified atom stereocenters. The molecule has 0 aromatic heterocycles. The molecule has 7 heteroatoms. The molecule has 20 heavy (non-hydrogen) atoms. The normalized spacial score (nSPS) is 14.7. The highest BCUT2D eigenvalue weighted by atomic mass is 19.4. The SMILES string of the molecule is CNC(Cc1ccc(C)cc1)C(C(F)(F)F)C(F)(F)F. The van der Waals surface area contributed by atoms with E-state index in [0.29, 0.717) is 5.56 Å². The Morgan fingerprint density at radius 1 is 0.950 bits per heavy atom. The molecule has 0 aliphatic rings. The number of aryl methyl sites for hydroxylation is 1. The maximum absolute atomic E-state index is 12.7. The van der Waals surface area contributed by atoms with Crippen LogP contribution in [0.2, 0.25) is 0 Å². The summed E-state index contributed by atoms with van der Waals surface area (Å²) >= 11 is 0. The van der Waals surface area contributed by atoms with Crippen LogP contribution in [-0.4, -0.2) is 25.4 Å². The third-order valence-corrected chi connectivity index (χ3v) is 3.05. The minimum absolute atomic E-state index is 0.347. The predicted octanol–water partition coefficient (Wildman–Crippen LogP) is 3.87. The third kappa shape index (κ3) is 4.40. The van der Waals surface area contributed by atoms with Crippen molar-refractivity contribution >= 4 is 0 Å². The van der Waals surface area contributed by atoms with Crippen molar-refractivity contribution < 1.29 is 26.3 Å². The van der Waals surface area contributed by atoms with Gasteiger partial charge >= 0.3 is 12.4 Å². The van der Waals surface area contributed by atoms with E-state index < -0.39 is 24.3 Å². The maximum atomic E-state index is 12.7. The molecular weight excluding hydrogens is 284 g/mol. The van der Waals surface area contributed by atoms with Gasteiger partial charge in [-0.3, -0.25) is 0 Å². The van der Waals surface area contributed by atoms with Gasteiger partial charge in [-0.05, 0) is 26.0 Å². The standard InChI is InChI=1S/C13H15F6N/c1-8-3-5-9(6-4-8)7-10(20-2)11(12(14,15)16)13(17,18)19/h3-6,10-11,20H,7H2,1-2H3. The lowest BCUT2D eigenvalue weighted by Gasteiger charge is -2.30. The van der Waals surface area contributed by atoms with Crippen LogP contribution in [0.5, 0.6) is 0 Å². The minimum atomic E-state index is -5.34. The number of nitrogens with one attached hydrogen (secondary N) is 1. The highest BCUT2D eigenvalue weighted by Crippen LogP contribution is 2.42. The second-order valence-corrected chi connectivity index (χ2v) is 4.65. The zero-order valence-corrected chi connectivity index (χ0v) is 10.9. The maximum Gasteiger partial charge on any atom is 0.402 e. The number of rotatable bonds is 4. The van der Waals surface area contributed by atoms with Crippen molar-refractivity contribution in [3.8, 4) is 0 Å². The van der Waals surface area contributed by atoms with Crippen LogP contribution in [0.1, 0.15) is 11.1 Å². The Labute approximate surface area is 113 Å². The molecule has 0 saturated carbocycles. The van der Waals surface area contributed by atoms with E-state index in [-0.39, 0.29) is 6.42 Å². The Morgan fingerprint density at radius 3 is 1.75 bits per heavy atom. The molecule has 0 aliphatic carbocycles. The average Bonchev–Trinajstić information content (AvgIpc) is 2.27. The van der Waals surface area contributed by atoms with Crippen molar-refractivity contribution in [2.24, 2.45) is 5.92 Å². The number of alkyl halides is 6. The fourth-order valence-corrected chi connectivity index (χ4v) is 2.01. The topological polar surface area (TPSA) is 12.0 Å². The summed E-state index contributed by atoms with van der Waals surface area (Å²) < 4.78 is 76.0. The third-order valence-electron chi connectivity index (χ3n) is 3.05. The van der Waals surface area contributed by atoms with E-state index in [9.17, 15) is 26.3 Å². The Morgan fingerprint density at radius 2 is 1.40 bits per heavy atom. The van der Waals surface area contributed by atoms with Crippen LogP contribution >= 0.6 is 0 Å². The first-order chi connectivity index (χ1) is 9.05. The smallest absolute Gasteiger partial charge is 0.316 e. The first-order valence-corrected chi connectivity index (χ1v) is 5.92. The van der Waals surface area contributed by atoms with Gasteiger partial charge in [0.25, 0.3) is 0 Å². The van der Waals surface area contributed by atoms with Crippen LogP contribution in [0, 0.1) is 12.8 Å². The Balaban J connectivity index is 3.00. The van der Waals surface area contributed by atoms with Crippen molar-refractivity contribution in [1.29, 1.82) is 0 Å². The number of hydrogen-bond donors (Lipinski definition) is 1. The molecule has 1 atom stereocenters. The summed E-state index contributed by atoms with van der Waals surface area (Å²) in [5.74, 6) is -3.39. The van der Waals surface area contributed by atoms with Gasteiger partial charge < -0.3 is 5.32 Å². The Hall–Kier alpha value is -1.24. The molecule has 0 fully saturated rings. The van der Waals surface area contributed by atoms with Crippen LogP contribution in [0.25, 0.3) is 0 Å². The molecule has 1 rings (SSSR count). The van der Waals surface area contributed by atoms with Gasteiger partial charge in [0.2, 0.25) is 0 Å². The summed E-state index contributed by atoms with van der Waals surface area (Å²) in [4.78, 5) is 0. The summed E-state index contributed by atoms with van der Waals surface area (Å²) in [6.07, 6.45) is -11.0. The fourth-order valence-electron chi connectivity index (χ4n) is 2.01. The molecule has 114 valence electrons. The monoisotopic (exact) mass is 299 g/mol. The fraction of sp³-hybridized carbons (Fsp3) is 0.538. The van der Waals surface area contributed by atoms with Crippen molar-refractivity contribution in [2.45, 2.75) is 31.7 Å². The molecule has 0 bridgehead atoms. The molecule has 0 heterocycles. The summed E-state index contributed by atoms with van der Waals surface area (Å²) in [5.41, 5.74) is 1.31. The lowest BCUT2D eigenvalue weighted by atomic mass is 9.92. The summed E-state index contributed by atoms with van der Waals surface area (Å²) in [6, 6.07) is 4.61. The van der Waals surface area contributed by atoms with Gasteiger partial charge in [-0.25, -0.2) is 0 Å². The van der Waals surface area contributed by atoms with Gasteiger partial charge in [-0.15, -0.1) is 0 Å². The van der Waals surface area contributed by atoms with Crippen LogP contribution in [-0.2, 0) is 6.42 Å². The first-order valence-electron chi connectivity index (χ1n) is 5.92. The quantitative estimate of drug-likeness (QED) is 0.832. The largest absolute Gasteiger partial charge is 0.402 e. The van der Waals surface area contributed by atoms with Gasteiger partial charge in [0.15, 0.2) is 5.92 Å². The molecule has 0 spiro atoms. The van der Waals surface area contributed by atoms with E-state index in [0.717, 1.165) is 12.6 Å². The van der Waals surface area contributed by atoms with E-state index in [1.165, 1.54) is 12.1 Å². The molecule has 0 amide bonds. The molecule has 1 aromatic rings. The predicted molar refractivity (Wildman–Crippen MR) is 63.3 cm³/mol. The second kappa shape index (κ2) is 6.03. The van der Waals surface area contributed by atoms with Crippen LogP contribution in [0.15, 0.2) is 24.3 Å². The molecule has 1 nitrogen and oxygen atoms in total. The van der Waals surface area contributed by atoms with E-state index in [2.05, 4.69) is 5.32 Å². The first kappa shape index (κ1) is 16.8. The zero-order chi connectivity index (χ0) is 15.6. The van der Waals surface area contributed by atoms with Crippen LogP contribution in [0.4, 0.5) is 26.3 Å². The van der Waals surface area contributed by atoms with Gasteiger partial charge in [-0.1, -0.05) is 29.8 Å².